The van der Waals surface area contributed by atoms with E-state index < -0.39 is 0 Å². The van der Waals surface area contributed by atoms with Crippen molar-refractivity contribution < 1.29 is 4.79 Å². The van der Waals surface area contributed by atoms with Gasteiger partial charge in [-0.05, 0) is 30.0 Å². The maximum Gasteiger partial charge on any atom is 0.258 e. The van der Waals surface area contributed by atoms with Gasteiger partial charge in [-0.2, -0.15) is 0 Å². The third kappa shape index (κ3) is 4.26. The standard InChI is InChI=1S/C20H22N4O2S/c25-19(7-6-17-4-3-13-27-17)23-11-9-22(10-12-23)15-16-14-20(26)24-8-2-1-5-18(24)21-16/h1-5,8,13-14H,6-7,9-12,15H2. The summed E-state index contributed by atoms with van der Waals surface area (Å²) in [5, 5.41) is 2.05. The Morgan fingerprint density at radius 3 is 2.74 bits per heavy atom. The van der Waals surface area contributed by atoms with Gasteiger partial charge < -0.3 is 4.90 Å². The predicted molar refractivity (Wildman–Crippen MR) is 106 cm³/mol. The van der Waals surface area contributed by atoms with E-state index in [1.165, 1.54) is 4.88 Å². The van der Waals surface area contributed by atoms with Gasteiger partial charge >= 0.3 is 0 Å². The van der Waals surface area contributed by atoms with Gasteiger partial charge in [0.1, 0.15) is 5.65 Å². The van der Waals surface area contributed by atoms with Crippen LogP contribution in [0.15, 0.2) is 52.8 Å². The number of thiophene rings is 1. The first kappa shape index (κ1) is 17.9. The summed E-state index contributed by atoms with van der Waals surface area (Å²) in [6.07, 6.45) is 3.13. The maximum absolute atomic E-state index is 12.4. The van der Waals surface area contributed by atoms with E-state index in [0.717, 1.165) is 38.3 Å². The Morgan fingerprint density at radius 2 is 1.96 bits per heavy atom. The summed E-state index contributed by atoms with van der Waals surface area (Å²) in [6.45, 7) is 3.71. The minimum atomic E-state index is -0.0574. The average Bonchev–Trinajstić information content (AvgIpc) is 3.20. The maximum atomic E-state index is 12.4. The van der Waals surface area contributed by atoms with Crippen molar-refractivity contribution in [2.45, 2.75) is 19.4 Å². The van der Waals surface area contributed by atoms with Crippen LogP contribution in [0.2, 0.25) is 0 Å². The van der Waals surface area contributed by atoms with Gasteiger partial charge in [-0.3, -0.25) is 18.9 Å². The summed E-state index contributed by atoms with van der Waals surface area (Å²) in [5.74, 6) is 0.227. The van der Waals surface area contributed by atoms with E-state index in [-0.39, 0.29) is 11.5 Å². The normalized spacial score (nSPS) is 15.3. The van der Waals surface area contributed by atoms with Crippen molar-refractivity contribution in [2.24, 2.45) is 0 Å². The van der Waals surface area contributed by atoms with Gasteiger partial charge in [0.05, 0.1) is 5.69 Å². The SMILES string of the molecule is O=C(CCc1cccs1)N1CCN(Cc2cc(=O)n3ccccc3n2)CC1. The number of aromatic nitrogens is 2. The molecule has 1 amide bonds. The zero-order valence-corrected chi connectivity index (χ0v) is 15.9. The number of aryl methyl sites for hydroxylation is 1. The number of piperazine rings is 1. The Labute approximate surface area is 161 Å². The number of carbonyl (C=O) groups is 1. The second-order valence-corrected chi connectivity index (χ2v) is 7.78. The van der Waals surface area contributed by atoms with Gasteiger partial charge in [0, 0.05) is 56.3 Å². The van der Waals surface area contributed by atoms with Crippen LogP contribution in [0.1, 0.15) is 17.0 Å². The molecule has 0 spiro atoms. The summed E-state index contributed by atoms with van der Waals surface area (Å²) in [7, 11) is 0. The molecule has 0 bridgehead atoms. The quantitative estimate of drug-likeness (QED) is 0.678. The van der Waals surface area contributed by atoms with Crippen molar-refractivity contribution in [3.8, 4) is 0 Å². The molecular weight excluding hydrogens is 360 g/mol. The summed E-state index contributed by atoms with van der Waals surface area (Å²) in [6, 6.07) is 11.3. The van der Waals surface area contributed by atoms with E-state index in [2.05, 4.69) is 16.0 Å². The molecule has 1 aliphatic rings. The van der Waals surface area contributed by atoms with E-state index in [1.54, 1.807) is 28.0 Å². The van der Waals surface area contributed by atoms with Crippen molar-refractivity contribution in [3.63, 3.8) is 0 Å². The number of fused-ring (bicyclic) bond motifs is 1. The van der Waals surface area contributed by atoms with Gasteiger partial charge in [-0.25, -0.2) is 4.98 Å². The van der Waals surface area contributed by atoms with Gasteiger partial charge in [0.15, 0.2) is 0 Å². The molecule has 3 aromatic heterocycles. The van der Waals surface area contributed by atoms with E-state index in [1.807, 2.05) is 34.5 Å². The summed E-state index contributed by atoms with van der Waals surface area (Å²) in [5.41, 5.74) is 1.39. The van der Waals surface area contributed by atoms with Gasteiger partial charge in [0.2, 0.25) is 5.91 Å². The van der Waals surface area contributed by atoms with Crippen LogP contribution >= 0.6 is 11.3 Å². The van der Waals surface area contributed by atoms with Crippen molar-refractivity contribution in [1.82, 2.24) is 19.2 Å². The summed E-state index contributed by atoms with van der Waals surface area (Å²) < 4.78 is 1.55. The molecule has 0 saturated carbocycles. The molecule has 3 aromatic rings. The Balaban J connectivity index is 1.31. The van der Waals surface area contributed by atoms with E-state index in [4.69, 9.17) is 0 Å². The highest BCUT2D eigenvalue weighted by Crippen LogP contribution is 2.13. The van der Waals surface area contributed by atoms with Crippen LogP contribution in [-0.4, -0.2) is 51.3 Å². The fraction of sp³-hybridized carbons (Fsp3) is 0.350. The predicted octanol–water partition coefficient (Wildman–Crippen LogP) is 2.03. The molecule has 0 radical (unpaired) electrons. The Hall–Kier alpha value is -2.51. The molecule has 7 heteroatoms. The smallest absolute Gasteiger partial charge is 0.258 e. The fourth-order valence-corrected chi connectivity index (χ4v) is 4.12. The number of nitrogens with zero attached hydrogens (tertiary/aromatic N) is 4. The molecule has 4 heterocycles. The zero-order valence-electron chi connectivity index (χ0n) is 15.1. The van der Waals surface area contributed by atoms with Crippen LogP contribution in [0, 0.1) is 0 Å². The number of hydrogen-bond donors (Lipinski definition) is 0. The molecule has 0 atom stereocenters. The van der Waals surface area contributed by atoms with Crippen LogP contribution in [0.5, 0.6) is 0 Å². The van der Waals surface area contributed by atoms with Crippen LogP contribution in [-0.2, 0) is 17.8 Å². The first-order valence-electron chi connectivity index (χ1n) is 9.19. The molecule has 27 heavy (non-hydrogen) atoms. The number of pyridine rings is 1. The van der Waals surface area contributed by atoms with Crippen molar-refractivity contribution >= 4 is 22.9 Å². The van der Waals surface area contributed by atoms with Crippen LogP contribution in [0.4, 0.5) is 0 Å². The molecule has 4 rings (SSSR count). The molecule has 0 aromatic carbocycles. The lowest BCUT2D eigenvalue weighted by molar-refractivity contribution is -0.132. The Bertz CT molecular complexity index is 975. The molecule has 0 N–H and O–H groups in total. The number of hydrogen-bond acceptors (Lipinski definition) is 5. The molecular formula is C20H22N4O2S. The lowest BCUT2D eigenvalue weighted by atomic mass is 10.2. The van der Waals surface area contributed by atoms with Gasteiger partial charge in [0.25, 0.3) is 5.56 Å². The van der Waals surface area contributed by atoms with Crippen LogP contribution in [0.3, 0.4) is 0 Å². The lowest BCUT2D eigenvalue weighted by Crippen LogP contribution is -2.48. The van der Waals surface area contributed by atoms with Gasteiger partial charge in [-0.1, -0.05) is 12.1 Å². The van der Waals surface area contributed by atoms with Crippen molar-refractivity contribution in [2.75, 3.05) is 26.2 Å². The molecule has 1 saturated heterocycles. The molecule has 1 fully saturated rings. The third-order valence-electron chi connectivity index (χ3n) is 4.90. The van der Waals surface area contributed by atoms with Crippen LogP contribution in [0.25, 0.3) is 5.65 Å². The fourth-order valence-electron chi connectivity index (χ4n) is 3.41. The Morgan fingerprint density at radius 1 is 1.11 bits per heavy atom. The topological polar surface area (TPSA) is 57.9 Å². The van der Waals surface area contributed by atoms with E-state index in [9.17, 15) is 9.59 Å². The zero-order chi connectivity index (χ0) is 18.6. The largest absolute Gasteiger partial charge is 0.340 e. The number of amides is 1. The van der Waals surface area contributed by atoms with E-state index in [0.29, 0.717) is 18.6 Å². The van der Waals surface area contributed by atoms with Gasteiger partial charge in [-0.15, -0.1) is 11.3 Å². The number of rotatable bonds is 5. The molecule has 140 valence electrons. The minimum Gasteiger partial charge on any atom is -0.340 e. The molecule has 0 aliphatic carbocycles. The minimum absolute atomic E-state index is 0.0574. The second-order valence-electron chi connectivity index (χ2n) is 6.75. The summed E-state index contributed by atoms with van der Waals surface area (Å²) in [4.78, 5) is 34.7. The first-order valence-corrected chi connectivity index (χ1v) is 10.1. The highest BCUT2D eigenvalue weighted by molar-refractivity contribution is 7.09. The van der Waals surface area contributed by atoms with Crippen molar-refractivity contribution in [1.29, 1.82) is 0 Å². The molecule has 6 nitrogen and oxygen atoms in total. The lowest BCUT2D eigenvalue weighted by Gasteiger charge is -2.34. The third-order valence-corrected chi connectivity index (χ3v) is 5.84. The van der Waals surface area contributed by atoms with E-state index >= 15 is 0 Å². The Kier molecular flexibility index (Phi) is 5.31. The second kappa shape index (κ2) is 8.02. The van der Waals surface area contributed by atoms with Crippen molar-refractivity contribution in [3.05, 3.63) is 68.9 Å². The average molecular weight is 382 g/mol. The molecule has 1 aliphatic heterocycles. The monoisotopic (exact) mass is 382 g/mol. The first-order chi connectivity index (χ1) is 13.2. The highest BCUT2D eigenvalue weighted by atomic mass is 32.1. The molecule has 0 unspecified atom stereocenters. The highest BCUT2D eigenvalue weighted by Gasteiger charge is 2.21. The van der Waals surface area contributed by atoms with Crippen LogP contribution < -0.4 is 5.56 Å². The number of carbonyl (C=O) groups excluding carboxylic acids is 1. The summed E-state index contributed by atoms with van der Waals surface area (Å²) >= 11 is 1.70.